The fourth-order valence-electron chi connectivity index (χ4n) is 6.17. The average Bonchev–Trinajstić information content (AvgIpc) is 3.84. The number of nitrogens with one attached hydrogen (secondary N) is 1. The average molecular weight is 664 g/mol. The number of benzene rings is 1. The van der Waals surface area contributed by atoms with Crippen molar-refractivity contribution in [3.63, 3.8) is 0 Å². The zero-order valence-corrected chi connectivity index (χ0v) is 28.5. The second kappa shape index (κ2) is 13.8. The number of rotatable bonds is 10. The molecular weight excluding hydrogens is 618 g/mol. The van der Waals surface area contributed by atoms with Gasteiger partial charge in [0.15, 0.2) is 17.3 Å². The van der Waals surface area contributed by atoms with Crippen LogP contribution >= 0.6 is 0 Å². The Kier molecular flexibility index (Phi) is 9.51. The third kappa shape index (κ3) is 6.92. The van der Waals surface area contributed by atoms with Crippen LogP contribution in [0.25, 0.3) is 11.2 Å². The predicted molar refractivity (Wildman–Crippen MR) is 180 cm³/mol. The van der Waals surface area contributed by atoms with Crippen molar-refractivity contribution < 1.29 is 28.8 Å². The molecule has 15 heteroatoms. The standard InChI is InChI=1S/C33H45N9O6/c1-33(2,3)48-32(44)39-14-12-38(13-15-39)18-22-9-10-25-30(36-31(37-42(22)25)41-11-7-8-23(41)20-43)35-28-19-40(21-34-28)24-16-26(45-4)29(47-6)27(17-24)46-5/h9-10,16-17,19,21,23,43H,7-8,11-15,18,20H2,1-6H3,(H,35,36,37)/t23-/m0/s1. The highest BCUT2D eigenvalue weighted by Gasteiger charge is 2.29. The Hall–Kier alpha value is -4.76. The van der Waals surface area contributed by atoms with Crippen LogP contribution in [0.5, 0.6) is 17.2 Å². The SMILES string of the molecule is COc1cc(-n2cnc(Nc3nc(N4CCC[C@H]4CO)nn4c(CN5CCN(C(=O)OC(C)(C)C)CC5)ccc34)c2)cc(OC)c1OC. The number of anilines is 3. The molecule has 0 bridgehead atoms. The number of carbonyl (C=O) groups excluding carboxylic acids is 1. The van der Waals surface area contributed by atoms with Crippen LogP contribution in [-0.2, 0) is 11.3 Å². The van der Waals surface area contributed by atoms with Crippen LogP contribution in [0.3, 0.4) is 0 Å². The molecule has 2 aliphatic rings. The van der Waals surface area contributed by atoms with E-state index < -0.39 is 5.60 Å². The van der Waals surface area contributed by atoms with Crippen LogP contribution in [-0.4, -0.2) is 117 Å². The molecule has 0 radical (unpaired) electrons. The van der Waals surface area contributed by atoms with E-state index in [1.807, 2.05) is 54.2 Å². The molecule has 1 amide bonds. The summed E-state index contributed by atoms with van der Waals surface area (Å²) in [6, 6.07) is 7.71. The summed E-state index contributed by atoms with van der Waals surface area (Å²) in [6.45, 7) is 9.68. The highest BCUT2D eigenvalue weighted by molar-refractivity contribution is 5.74. The van der Waals surface area contributed by atoms with E-state index in [4.69, 9.17) is 29.0 Å². The lowest BCUT2D eigenvalue weighted by atomic mass is 10.2. The normalized spacial score (nSPS) is 17.2. The molecule has 6 rings (SSSR count). The topological polar surface area (TPSA) is 144 Å². The van der Waals surface area contributed by atoms with Gasteiger partial charge in [-0.2, -0.15) is 4.98 Å². The molecule has 15 nitrogen and oxygen atoms in total. The molecule has 0 aliphatic carbocycles. The number of nitrogens with zero attached hydrogens (tertiary/aromatic N) is 8. The first kappa shape index (κ1) is 33.2. The molecule has 0 spiro atoms. The summed E-state index contributed by atoms with van der Waals surface area (Å²) in [7, 11) is 4.73. The number of carbonyl (C=O) groups is 1. The number of hydrogen-bond donors (Lipinski definition) is 2. The van der Waals surface area contributed by atoms with Gasteiger partial charge in [0.1, 0.15) is 23.3 Å². The first-order valence-electron chi connectivity index (χ1n) is 16.2. The second-order valence-corrected chi connectivity index (χ2v) is 13.0. The Morgan fingerprint density at radius 3 is 2.40 bits per heavy atom. The number of hydrogen-bond acceptors (Lipinski definition) is 12. The molecule has 0 saturated carbocycles. The van der Waals surface area contributed by atoms with E-state index in [1.54, 1.807) is 32.6 Å². The van der Waals surface area contributed by atoms with Crippen LogP contribution in [0, 0.1) is 0 Å². The Morgan fingerprint density at radius 2 is 1.75 bits per heavy atom. The summed E-state index contributed by atoms with van der Waals surface area (Å²) in [4.78, 5) is 28.3. The van der Waals surface area contributed by atoms with Crippen LogP contribution in [0.2, 0.25) is 0 Å². The second-order valence-electron chi connectivity index (χ2n) is 13.0. The number of aliphatic hydroxyl groups excluding tert-OH is 1. The third-order valence-corrected chi connectivity index (χ3v) is 8.61. The first-order valence-corrected chi connectivity index (χ1v) is 16.2. The molecule has 5 heterocycles. The van der Waals surface area contributed by atoms with E-state index in [-0.39, 0.29) is 18.7 Å². The van der Waals surface area contributed by atoms with E-state index in [1.165, 1.54) is 0 Å². The number of fused-ring (bicyclic) bond motifs is 1. The first-order chi connectivity index (χ1) is 23.1. The summed E-state index contributed by atoms with van der Waals surface area (Å²) >= 11 is 0. The third-order valence-electron chi connectivity index (χ3n) is 8.61. The molecular formula is C33H45N9O6. The maximum Gasteiger partial charge on any atom is 0.410 e. The van der Waals surface area contributed by atoms with Gasteiger partial charge in [0.2, 0.25) is 11.7 Å². The number of imidazole rings is 1. The van der Waals surface area contributed by atoms with E-state index in [0.29, 0.717) is 67.6 Å². The highest BCUT2D eigenvalue weighted by atomic mass is 16.6. The van der Waals surface area contributed by atoms with Gasteiger partial charge in [0, 0.05) is 51.4 Å². The van der Waals surface area contributed by atoms with E-state index in [2.05, 4.69) is 26.2 Å². The van der Waals surface area contributed by atoms with Gasteiger partial charge in [-0.3, -0.25) is 4.90 Å². The largest absolute Gasteiger partial charge is 0.493 e. The number of aromatic nitrogens is 5. The van der Waals surface area contributed by atoms with Gasteiger partial charge in [-0.05, 0) is 45.7 Å². The summed E-state index contributed by atoms with van der Waals surface area (Å²) in [5.41, 5.74) is 2.04. The number of methoxy groups -OCH3 is 3. The van der Waals surface area contributed by atoms with Crippen molar-refractivity contribution in [3.05, 3.63) is 42.5 Å². The van der Waals surface area contributed by atoms with Gasteiger partial charge in [-0.25, -0.2) is 14.3 Å². The van der Waals surface area contributed by atoms with E-state index in [0.717, 1.165) is 36.3 Å². The minimum Gasteiger partial charge on any atom is -0.493 e. The van der Waals surface area contributed by atoms with Gasteiger partial charge >= 0.3 is 6.09 Å². The molecule has 48 heavy (non-hydrogen) atoms. The van der Waals surface area contributed by atoms with Crippen LogP contribution in [0.4, 0.5) is 22.4 Å². The van der Waals surface area contributed by atoms with Crippen molar-refractivity contribution >= 4 is 29.2 Å². The Morgan fingerprint density at radius 1 is 1.02 bits per heavy atom. The van der Waals surface area contributed by atoms with Crippen molar-refractivity contribution in [1.29, 1.82) is 0 Å². The van der Waals surface area contributed by atoms with Crippen molar-refractivity contribution in [2.75, 3.05) is 70.9 Å². The Labute approximate surface area is 280 Å². The molecule has 1 aromatic carbocycles. The Balaban J connectivity index is 1.27. The fourth-order valence-corrected chi connectivity index (χ4v) is 6.17. The lowest BCUT2D eigenvalue weighted by molar-refractivity contribution is 0.0137. The smallest absolute Gasteiger partial charge is 0.410 e. The Bertz CT molecular complexity index is 1720. The zero-order chi connectivity index (χ0) is 34.0. The number of amides is 1. The fraction of sp³-hybridized carbons (Fsp3) is 0.515. The predicted octanol–water partition coefficient (Wildman–Crippen LogP) is 3.70. The van der Waals surface area contributed by atoms with Gasteiger partial charge in [-0.1, -0.05) is 0 Å². The summed E-state index contributed by atoms with van der Waals surface area (Å²) in [5.74, 6) is 3.30. The van der Waals surface area contributed by atoms with Gasteiger partial charge in [0.05, 0.1) is 51.6 Å². The summed E-state index contributed by atoms with van der Waals surface area (Å²) in [5, 5.41) is 18.5. The lowest BCUT2D eigenvalue weighted by Gasteiger charge is -2.35. The number of ether oxygens (including phenoxy) is 4. The molecule has 1 atom stereocenters. The molecule has 2 N–H and O–H groups in total. The number of aliphatic hydroxyl groups is 1. The summed E-state index contributed by atoms with van der Waals surface area (Å²) in [6.07, 6.45) is 5.11. The van der Waals surface area contributed by atoms with E-state index in [9.17, 15) is 9.90 Å². The molecule has 2 aliphatic heterocycles. The molecule has 0 unspecified atom stereocenters. The molecule has 4 aromatic rings. The van der Waals surface area contributed by atoms with Crippen LogP contribution < -0.4 is 24.4 Å². The van der Waals surface area contributed by atoms with E-state index >= 15 is 0 Å². The van der Waals surface area contributed by atoms with Gasteiger partial charge < -0.3 is 43.7 Å². The van der Waals surface area contributed by atoms with Crippen molar-refractivity contribution in [2.45, 2.75) is 51.8 Å². The van der Waals surface area contributed by atoms with Crippen LogP contribution in [0.1, 0.15) is 39.3 Å². The monoisotopic (exact) mass is 663 g/mol. The van der Waals surface area contributed by atoms with Crippen LogP contribution in [0.15, 0.2) is 36.8 Å². The van der Waals surface area contributed by atoms with Crippen molar-refractivity contribution in [3.8, 4) is 22.9 Å². The maximum atomic E-state index is 12.6. The quantitative estimate of drug-likeness (QED) is 0.255. The molecule has 258 valence electrons. The van der Waals surface area contributed by atoms with Gasteiger partial charge in [-0.15, -0.1) is 5.10 Å². The molecule has 2 saturated heterocycles. The lowest BCUT2D eigenvalue weighted by Crippen LogP contribution is -2.49. The van der Waals surface area contributed by atoms with Crippen molar-refractivity contribution in [2.24, 2.45) is 0 Å². The van der Waals surface area contributed by atoms with Gasteiger partial charge in [0.25, 0.3) is 0 Å². The number of piperazine rings is 1. The highest BCUT2D eigenvalue weighted by Crippen LogP contribution is 2.39. The minimum atomic E-state index is -0.526. The summed E-state index contributed by atoms with van der Waals surface area (Å²) < 4.78 is 25.9. The molecule has 2 fully saturated rings. The minimum absolute atomic E-state index is 0.0316. The van der Waals surface area contributed by atoms with Crippen molar-refractivity contribution in [1.82, 2.24) is 33.9 Å². The molecule has 3 aromatic heterocycles. The zero-order valence-electron chi connectivity index (χ0n) is 28.5. The maximum absolute atomic E-state index is 12.6.